The fourth-order valence-corrected chi connectivity index (χ4v) is 5.25. The van der Waals surface area contributed by atoms with E-state index in [1.807, 2.05) is 6.07 Å². The number of nitrogen functional groups attached to an aromatic ring is 1. The molecule has 1 aliphatic carbocycles. The summed E-state index contributed by atoms with van der Waals surface area (Å²) in [5.41, 5.74) is 6.58. The van der Waals surface area contributed by atoms with Crippen LogP contribution < -0.4 is 10.6 Å². The lowest BCUT2D eigenvalue weighted by Crippen LogP contribution is -2.51. The first-order valence-electron chi connectivity index (χ1n) is 7.53. The molecule has 1 saturated heterocycles. The number of pyridine rings is 1. The van der Waals surface area contributed by atoms with Gasteiger partial charge in [-0.2, -0.15) is 4.31 Å². The first kappa shape index (κ1) is 14.6. The number of nitrogens with zero attached hydrogens (tertiary/aromatic N) is 3. The minimum absolute atomic E-state index is 0.163. The van der Waals surface area contributed by atoms with Crippen molar-refractivity contribution < 1.29 is 8.42 Å². The van der Waals surface area contributed by atoms with Crippen LogP contribution in [0.15, 0.2) is 18.3 Å². The maximum atomic E-state index is 12.6. The van der Waals surface area contributed by atoms with E-state index in [1.54, 1.807) is 16.6 Å². The summed E-state index contributed by atoms with van der Waals surface area (Å²) in [6.45, 7) is 2.34. The summed E-state index contributed by atoms with van der Waals surface area (Å²) < 4.78 is 26.8. The van der Waals surface area contributed by atoms with Crippen molar-refractivity contribution >= 4 is 21.5 Å². The maximum Gasteiger partial charge on any atom is 0.217 e. The number of nitrogens with two attached hydrogens (primary N) is 1. The second-order valence-electron chi connectivity index (χ2n) is 5.75. The number of sulfonamides is 1. The summed E-state index contributed by atoms with van der Waals surface area (Å²) >= 11 is 0. The summed E-state index contributed by atoms with van der Waals surface area (Å²) in [5.74, 6) is 0.760. The van der Waals surface area contributed by atoms with Crippen LogP contribution in [0.3, 0.4) is 0 Å². The number of rotatable bonds is 3. The SMILES string of the molecule is Nc1cccnc1N1CCN(S(=O)(=O)C2CCCC2)CC1. The fourth-order valence-electron chi connectivity index (χ4n) is 3.23. The Labute approximate surface area is 126 Å². The molecule has 0 aromatic carbocycles. The van der Waals surface area contributed by atoms with Gasteiger partial charge in [-0.3, -0.25) is 0 Å². The lowest BCUT2D eigenvalue weighted by Gasteiger charge is -2.36. The van der Waals surface area contributed by atoms with Crippen LogP contribution in [0, 0.1) is 0 Å². The summed E-state index contributed by atoms with van der Waals surface area (Å²) in [7, 11) is -3.12. The molecule has 2 aliphatic rings. The van der Waals surface area contributed by atoms with E-state index in [-0.39, 0.29) is 5.25 Å². The highest BCUT2D eigenvalue weighted by Gasteiger charge is 2.35. The standard InChI is InChI=1S/C14H22N4O2S/c15-13-6-3-7-16-14(13)17-8-10-18(11-9-17)21(19,20)12-4-1-2-5-12/h3,6-7,12H,1-2,4-5,8-11,15H2. The first-order chi connectivity index (χ1) is 10.1. The van der Waals surface area contributed by atoms with E-state index in [2.05, 4.69) is 9.88 Å². The molecule has 2 N–H and O–H groups in total. The Hall–Kier alpha value is -1.34. The van der Waals surface area contributed by atoms with E-state index in [9.17, 15) is 8.42 Å². The van der Waals surface area contributed by atoms with Gasteiger partial charge in [0.2, 0.25) is 10.0 Å². The van der Waals surface area contributed by atoms with Crippen molar-refractivity contribution in [3.8, 4) is 0 Å². The van der Waals surface area contributed by atoms with E-state index in [1.165, 1.54) is 0 Å². The van der Waals surface area contributed by atoms with Gasteiger partial charge in [-0.1, -0.05) is 12.8 Å². The zero-order chi connectivity index (χ0) is 14.9. The molecule has 1 aromatic rings. The van der Waals surface area contributed by atoms with Crippen molar-refractivity contribution in [1.29, 1.82) is 0 Å². The normalized spacial score (nSPS) is 21.8. The molecule has 7 heteroatoms. The fraction of sp³-hybridized carbons (Fsp3) is 0.643. The van der Waals surface area contributed by atoms with Gasteiger partial charge in [0.25, 0.3) is 0 Å². The van der Waals surface area contributed by atoms with Crippen molar-refractivity contribution in [1.82, 2.24) is 9.29 Å². The Balaban J connectivity index is 1.66. The van der Waals surface area contributed by atoms with Crippen LogP contribution in [-0.4, -0.2) is 49.1 Å². The van der Waals surface area contributed by atoms with Crippen LogP contribution in [0.1, 0.15) is 25.7 Å². The van der Waals surface area contributed by atoms with Gasteiger partial charge in [-0.15, -0.1) is 0 Å². The minimum atomic E-state index is -3.12. The Bertz CT molecular complexity index is 591. The van der Waals surface area contributed by atoms with E-state index >= 15 is 0 Å². The Kier molecular flexibility index (Phi) is 4.03. The second-order valence-corrected chi connectivity index (χ2v) is 7.97. The van der Waals surface area contributed by atoms with Crippen LogP contribution in [0.4, 0.5) is 11.5 Å². The van der Waals surface area contributed by atoms with Crippen molar-refractivity contribution in [2.75, 3.05) is 36.8 Å². The molecule has 1 aliphatic heterocycles. The lowest BCUT2D eigenvalue weighted by atomic mass is 10.3. The quantitative estimate of drug-likeness (QED) is 0.903. The molecule has 3 rings (SSSR count). The van der Waals surface area contributed by atoms with Gasteiger partial charge in [0.15, 0.2) is 5.82 Å². The molecule has 0 bridgehead atoms. The highest BCUT2D eigenvalue weighted by molar-refractivity contribution is 7.89. The monoisotopic (exact) mass is 310 g/mol. The molecule has 2 fully saturated rings. The molecule has 21 heavy (non-hydrogen) atoms. The molecule has 0 spiro atoms. The highest BCUT2D eigenvalue weighted by atomic mass is 32.2. The summed E-state index contributed by atoms with van der Waals surface area (Å²) in [4.78, 5) is 6.37. The second kappa shape index (κ2) is 5.81. The summed E-state index contributed by atoms with van der Waals surface area (Å²) in [6, 6.07) is 3.63. The highest BCUT2D eigenvalue weighted by Crippen LogP contribution is 2.28. The van der Waals surface area contributed by atoms with Crippen LogP contribution in [-0.2, 0) is 10.0 Å². The third kappa shape index (κ3) is 2.85. The predicted octanol–water partition coefficient (Wildman–Crippen LogP) is 1.06. The van der Waals surface area contributed by atoms with Gasteiger partial charge in [0.05, 0.1) is 10.9 Å². The van der Waals surface area contributed by atoms with Crippen LogP contribution in [0.25, 0.3) is 0 Å². The third-order valence-electron chi connectivity index (χ3n) is 4.44. The maximum absolute atomic E-state index is 12.6. The Morgan fingerprint density at radius 2 is 1.81 bits per heavy atom. The first-order valence-corrected chi connectivity index (χ1v) is 9.04. The van der Waals surface area contributed by atoms with Gasteiger partial charge in [0, 0.05) is 32.4 Å². The van der Waals surface area contributed by atoms with Crippen LogP contribution in [0.5, 0.6) is 0 Å². The molecule has 2 heterocycles. The zero-order valence-electron chi connectivity index (χ0n) is 12.1. The number of hydrogen-bond acceptors (Lipinski definition) is 5. The third-order valence-corrected chi connectivity index (χ3v) is 6.84. The number of hydrogen-bond donors (Lipinski definition) is 1. The van der Waals surface area contributed by atoms with Crippen molar-refractivity contribution in [3.63, 3.8) is 0 Å². The average Bonchev–Trinajstić information content (AvgIpc) is 3.03. The van der Waals surface area contributed by atoms with E-state index in [0.29, 0.717) is 31.9 Å². The zero-order valence-corrected chi connectivity index (χ0v) is 12.9. The number of anilines is 2. The topological polar surface area (TPSA) is 79.5 Å². The van der Waals surface area contributed by atoms with Crippen molar-refractivity contribution in [2.45, 2.75) is 30.9 Å². The molecule has 0 radical (unpaired) electrons. The molecule has 1 aromatic heterocycles. The minimum Gasteiger partial charge on any atom is -0.396 e. The molecule has 0 unspecified atom stereocenters. The average molecular weight is 310 g/mol. The van der Waals surface area contributed by atoms with Gasteiger partial charge in [0.1, 0.15) is 0 Å². The molecular weight excluding hydrogens is 288 g/mol. The smallest absolute Gasteiger partial charge is 0.217 e. The summed E-state index contributed by atoms with van der Waals surface area (Å²) in [5, 5.41) is -0.163. The largest absolute Gasteiger partial charge is 0.396 e. The van der Waals surface area contributed by atoms with Gasteiger partial charge in [-0.25, -0.2) is 13.4 Å². The molecule has 0 amide bonds. The van der Waals surface area contributed by atoms with Crippen molar-refractivity contribution in [2.24, 2.45) is 0 Å². The molecule has 0 atom stereocenters. The van der Waals surface area contributed by atoms with E-state index in [4.69, 9.17) is 5.73 Å². The molecule has 1 saturated carbocycles. The Morgan fingerprint density at radius 3 is 2.43 bits per heavy atom. The van der Waals surface area contributed by atoms with Gasteiger partial charge in [-0.05, 0) is 25.0 Å². The lowest BCUT2D eigenvalue weighted by molar-refractivity contribution is 0.378. The van der Waals surface area contributed by atoms with E-state index in [0.717, 1.165) is 31.5 Å². The Morgan fingerprint density at radius 1 is 1.14 bits per heavy atom. The number of piperazine rings is 1. The van der Waals surface area contributed by atoms with Crippen molar-refractivity contribution in [3.05, 3.63) is 18.3 Å². The number of aromatic nitrogens is 1. The predicted molar refractivity (Wildman–Crippen MR) is 83.6 cm³/mol. The van der Waals surface area contributed by atoms with E-state index < -0.39 is 10.0 Å². The summed E-state index contributed by atoms with van der Waals surface area (Å²) in [6.07, 6.45) is 5.42. The van der Waals surface area contributed by atoms with Gasteiger partial charge >= 0.3 is 0 Å². The molecular formula is C14H22N4O2S. The molecule has 116 valence electrons. The van der Waals surface area contributed by atoms with Crippen LogP contribution in [0.2, 0.25) is 0 Å². The van der Waals surface area contributed by atoms with Gasteiger partial charge < -0.3 is 10.6 Å². The van der Waals surface area contributed by atoms with Crippen LogP contribution >= 0.6 is 0 Å². The molecule has 6 nitrogen and oxygen atoms in total.